The summed E-state index contributed by atoms with van der Waals surface area (Å²) in [5.41, 5.74) is 4.95. The number of hydrogen-bond acceptors (Lipinski definition) is 1. The van der Waals surface area contributed by atoms with Crippen molar-refractivity contribution >= 4 is 23.0 Å². The zero-order chi connectivity index (χ0) is 18.9. The molecule has 2 nitrogen and oxygen atoms in total. The minimum absolute atomic E-state index is 0.783. The predicted octanol–water partition coefficient (Wildman–Crippen LogP) is 5.48. The lowest BCUT2D eigenvalue weighted by Gasteiger charge is -2.26. The molecule has 3 heteroatoms. The maximum atomic E-state index is 5.74. The van der Waals surface area contributed by atoms with Crippen LogP contribution >= 0.6 is 12.2 Å². The fraction of sp³-hybridized carbons (Fsp3) is 0.208. The Hall–Kier alpha value is -2.65. The highest BCUT2D eigenvalue weighted by atomic mass is 32.1. The smallest absolute Gasteiger partial charge is 0.173 e. The molecule has 1 N–H and O–H groups in total. The largest absolute Gasteiger partial charge is 0.348 e. The molecule has 0 radical (unpaired) electrons. The number of hydrogen-bond donors (Lipinski definition) is 1. The maximum absolute atomic E-state index is 5.74. The van der Waals surface area contributed by atoms with Crippen LogP contribution in [0, 0.1) is 6.92 Å². The minimum atomic E-state index is 0.783. The Morgan fingerprint density at radius 1 is 0.741 bits per heavy atom. The third-order valence-corrected chi connectivity index (χ3v) is 4.98. The van der Waals surface area contributed by atoms with E-state index in [1.165, 1.54) is 16.7 Å². The molecule has 138 valence electrons. The monoisotopic (exact) mass is 374 g/mol. The van der Waals surface area contributed by atoms with E-state index in [0.29, 0.717) is 0 Å². The van der Waals surface area contributed by atoms with Crippen molar-refractivity contribution in [3.8, 4) is 0 Å². The van der Waals surface area contributed by atoms with Crippen LogP contribution in [0.1, 0.15) is 16.7 Å². The van der Waals surface area contributed by atoms with E-state index < -0.39 is 0 Å². The van der Waals surface area contributed by atoms with Crippen LogP contribution < -0.4 is 5.32 Å². The van der Waals surface area contributed by atoms with E-state index in [2.05, 4.69) is 102 Å². The van der Waals surface area contributed by atoms with Crippen molar-refractivity contribution in [1.29, 1.82) is 0 Å². The molecule has 0 amide bonds. The molecule has 0 aliphatic heterocycles. The van der Waals surface area contributed by atoms with Crippen LogP contribution in [0.15, 0.2) is 84.9 Å². The molecule has 0 bridgehead atoms. The Labute approximate surface area is 167 Å². The lowest BCUT2D eigenvalue weighted by atomic mass is 10.1. The number of anilines is 1. The van der Waals surface area contributed by atoms with Crippen molar-refractivity contribution in [1.82, 2.24) is 4.90 Å². The molecule has 0 aromatic heterocycles. The first kappa shape index (κ1) is 19.1. The van der Waals surface area contributed by atoms with Gasteiger partial charge in [0.15, 0.2) is 5.11 Å². The quantitative estimate of drug-likeness (QED) is 0.551. The van der Waals surface area contributed by atoms with Gasteiger partial charge in [0.25, 0.3) is 0 Å². The second-order valence-electron chi connectivity index (χ2n) is 6.75. The van der Waals surface area contributed by atoms with Gasteiger partial charge in [0, 0.05) is 18.8 Å². The maximum Gasteiger partial charge on any atom is 0.173 e. The molecule has 0 heterocycles. The topological polar surface area (TPSA) is 15.3 Å². The SMILES string of the molecule is Cc1ccc(NC(=S)N(CCc2ccccc2)CCc2ccccc2)cc1. The van der Waals surface area contributed by atoms with Gasteiger partial charge in [0.2, 0.25) is 0 Å². The molecule has 27 heavy (non-hydrogen) atoms. The van der Waals surface area contributed by atoms with Crippen LogP contribution in [0.5, 0.6) is 0 Å². The summed E-state index contributed by atoms with van der Waals surface area (Å²) in [7, 11) is 0. The lowest BCUT2D eigenvalue weighted by Crippen LogP contribution is -2.37. The molecular weight excluding hydrogens is 348 g/mol. The molecule has 0 aliphatic carbocycles. The van der Waals surface area contributed by atoms with Crippen LogP contribution in [-0.4, -0.2) is 23.1 Å². The summed E-state index contributed by atoms with van der Waals surface area (Å²) in [4.78, 5) is 2.27. The zero-order valence-electron chi connectivity index (χ0n) is 15.8. The molecule has 3 aromatic rings. The molecule has 0 aliphatic rings. The van der Waals surface area contributed by atoms with E-state index in [4.69, 9.17) is 12.2 Å². The second kappa shape index (κ2) is 9.89. The van der Waals surface area contributed by atoms with Gasteiger partial charge in [-0.05, 0) is 55.2 Å². The van der Waals surface area contributed by atoms with Gasteiger partial charge in [-0.1, -0.05) is 78.4 Å². The molecule has 0 unspecified atom stereocenters. The summed E-state index contributed by atoms with van der Waals surface area (Å²) < 4.78 is 0. The van der Waals surface area contributed by atoms with Gasteiger partial charge in [-0.15, -0.1) is 0 Å². The Kier molecular flexibility index (Phi) is 7.00. The standard InChI is InChI=1S/C24H26N2S/c1-20-12-14-23(15-13-20)25-24(27)26(18-16-21-8-4-2-5-9-21)19-17-22-10-6-3-7-11-22/h2-15H,16-19H2,1H3,(H,25,27). The van der Waals surface area contributed by atoms with E-state index >= 15 is 0 Å². The predicted molar refractivity (Wildman–Crippen MR) is 119 cm³/mol. The second-order valence-corrected chi connectivity index (χ2v) is 7.14. The van der Waals surface area contributed by atoms with Gasteiger partial charge in [0.1, 0.15) is 0 Å². The Balaban J connectivity index is 1.65. The number of nitrogens with one attached hydrogen (secondary N) is 1. The summed E-state index contributed by atoms with van der Waals surface area (Å²) in [5, 5.41) is 4.18. The van der Waals surface area contributed by atoms with Gasteiger partial charge in [-0.25, -0.2) is 0 Å². The third-order valence-electron chi connectivity index (χ3n) is 4.62. The number of rotatable bonds is 7. The number of aryl methyl sites for hydroxylation is 1. The number of thiocarbonyl (C=S) groups is 1. The molecule has 3 aromatic carbocycles. The van der Waals surface area contributed by atoms with Gasteiger partial charge < -0.3 is 10.2 Å². The van der Waals surface area contributed by atoms with Gasteiger partial charge in [-0.3, -0.25) is 0 Å². The Morgan fingerprint density at radius 2 is 1.22 bits per heavy atom. The molecule has 0 spiro atoms. The van der Waals surface area contributed by atoms with Crippen LogP contribution in [0.25, 0.3) is 0 Å². The molecule has 3 rings (SSSR count). The van der Waals surface area contributed by atoms with Crippen LogP contribution in [0.2, 0.25) is 0 Å². The fourth-order valence-corrected chi connectivity index (χ4v) is 3.27. The number of benzene rings is 3. The van der Waals surface area contributed by atoms with Crippen LogP contribution in [0.4, 0.5) is 5.69 Å². The average molecular weight is 375 g/mol. The molecule has 0 saturated carbocycles. The Bertz CT molecular complexity index is 786. The van der Waals surface area contributed by atoms with Gasteiger partial charge >= 0.3 is 0 Å². The minimum Gasteiger partial charge on any atom is -0.348 e. The molecule has 0 saturated heterocycles. The highest BCUT2D eigenvalue weighted by Crippen LogP contribution is 2.11. The first-order chi connectivity index (χ1) is 13.2. The van der Waals surface area contributed by atoms with Crippen molar-refractivity contribution in [2.45, 2.75) is 19.8 Å². The van der Waals surface area contributed by atoms with Gasteiger partial charge in [0.05, 0.1) is 0 Å². The highest BCUT2D eigenvalue weighted by Gasteiger charge is 2.10. The van der Waals surface area contributed by atoms with Gasteiger partial charge in [-0.2, -0.15) is 0 Å². The van der Waals surface area contributed by atoms with Crippen molar-refractivity contribution in [3.63, 3.8) is 0 Å². The van der Waals surface area contributed by atoms with E-state index in [1.54, 1.807) is 0 Å². The van der Waals surface area contributed by atoms with E-state index in [0.717, 1.165) is 36.7 Å². The summed E-state index contributed by atoms with van der Waals surface area (Å²) in [5.74, 6) is 0. The van der Waals surface area contributed by atoms with Crippen molar-refractivity contribution < 1.29 is 0 Å². The highest BCUT2D eigenvalue weighted by molar-refractivity contribution is 7.80. The lowest BCUT2D eigenvalue weighted by molar-refractivity contribution is 0.432. The molecule has 0 fully saturated rings. The fourth-order valence-electron chi connectivity index (χ4n) is 2.97. The average Bonchev–Trinajstić information content (AvgIpc) is 2.71. The van der Waals surface area contributed by atoms with Crippen LogP contribution in [-0.2, 0) is 12.8 Å². The summed E-state index contributed by atoms with van der Waals surface area (Å²) in [6.45, 7) is 3.89. The van der Waals surface area contributed by atoms with Crippen LogP contribution in [0.3, 0.4) is 0 Å². The van der Waals surface area contributed by atoms with Crippen molar-refractivity contribution in [2.75, 3.05) is 18.4 Å². The summed E-state index contributed by atoms with van der Waals surface area (Å²) >= 11 is 5.74. The van der Waals surface area contributed by atoms with E-state index in [1.807, 2.05) is 0 Å². The van der Waals surface area contributed by atoms with Crippen molar-refractivity contribution in [2.24, 2.45) is 0 Å². The van der Waals surface area contributed by atoms with E-state index in [-0.39, 0.29) is 0 Å². The van der Waals surface area contributed by atoms with E-state index in [9.17, 15) is 0 Å². The summed E-state index contributed by atoms with van der Waals surface area (Å²) in [6, 6.07) is 29.5. The molecule has 0 atom stereocenters. The number of nitrogens with zero attached hydrogens (tertiary/aromatic N) is 1. The zero-order valence-corrected chi connectivity index (χ0v) is 16.6. The first-order valence-electron chi connectivity index (χ1n) is 9.41. The first-order valence-corrected chi connectivity index (χ1v) is 9.82. The Morgan fingerprint density at radius 3 is 1.70 bits per heavy atom. The molecular formula is C24H26N2S. The van der Waals surface area contributed by atoms with Crippen molar-refractivity contribution in [3.05, 3.63) is 102 Å². The normalized spacial score (nSPS) is 10.4. The third kappa shape index (κ3) is 6.22. The summed E-state index contributed by atoms with van der Waals surface area (Å²) in [6.07, 6.45) is 1.96.